The van der Waals surface area contributed by atoms with Crippen molar-refractivity contribution in [2.24, 2.45) is 10.7 Å². The summed E-state index contributed by atoms with van der Waals surface area (Å²) in [5.74, 6) is -0.736. The Morgan fingerprint density at radius 2 is 2.50 bits per heavy atom. The van der Waals surface area contributed by atoms with Crippen molar-refractivity contribution < 1.29 is 9.90 Å². The first-order valence-electron chi connectivity index (χ1n) is 2.94. The van der Waals surface area contributed by atoms with Gasteiger partial charge in [0.15, 0.2) is 12.0 Å². The van der Waals surface area contributed by atoms with Crippen LogP contribution in [-0.2, 0) is 4.79 Å². The van der Waals surface area contributed by atoms with Crippen LogP contribution in [0.4, 0.5) is 0 Å². The molecular formula is C5H9N3O2. The fourth-order valence-corrected chi connectivity index (χ4v) is 0.880. The number of carboxylic acid groups (broad SMARTS) is 1. The van der Waals surface area contributed by atoms with Crippen molar-refractivity contribution in [2.75, 3.05) is 0 Å². The van der Waals surface area contributed by atoms with Gasteiger partial charge in [0.1, 0.15) is 0 Å². The van der Waals surface area contributed by atoms with Crippen molar-refractivity contribution in [2.45, 2.75) is 19.0 Å². The van der Waals surface area contributed by atoms with Crippen LogP contribution in [0.15, 0.2) is 4.99 Å². The lowest BCUT2D eigenvalue weighted by molar-refractivity contribution is -0.138. The second kappa shape index (κ2) is 2.17. The van der Waals surface area contributed by atoms with Gasteiger partial charge in [0.2, 0.25) is 0 Å². The van der Waals surface area contributed by atoms with E-state index >= 15 is 0 Å². The van der Waals surface area contributed by atoms with E-state index in [9.17, 15) is 4.79 Å². The zero-order valence-electron chi connectivity index (χ0n) is 5.53. The van der Waals surface area contributed by atoms with Crippen LogP contribution < -0.4 is 11.1 Å². The second-order valence-corrected chi connectivity index (χ2v) is 2.23. The first-order chi connectivity index (χ1) is 4.61. The minimum atomic E-state index is -0.944. The fraction of sp³-hybridized carbons (Fsp3) is 0.600. The molecule has 0 aliphatic carbocycles. The lowest BCUT2D eigenvalue weighted by Crippen LogP contribution is -2.38. The normalized spacial score (nSPS) is 31.1. The molecule has 0 aromatic carbocycles. The van der Waals surface area contributed by atoms with Crippen LogP contribution in [0.1, 0.15) is 6.92 Å². The zero-order chi connectivity index (χ0) is 7.72. The number of nitrogens with one attached hydrogen (secondary N) is 1. The van der Waals surface area contributed by atoms with Gasteiger partial charge in [-0.15, -0.1) is 0 Å². The molecule has 1 heterocycles. The first kappa shape index (κ1) is 6.85. The number of hydrogen-bond acceptors (Lipinski definition) is 4. The van der Waals surface area contributed by atoms with Gasteiger partial charge < -0.3 is 16.2 Å². The van der Waals surface area contributed by atoms with E-state index in [1.165, 1.54) is 0 Å². The highest BCUT2D eigenvalue weighted by molar-refractivity contribution is 5.87. The number of aliphatic carboxylic acids is 1. The number of nitrogens with zero attached hydrogens (tertiary/aromatic N) is 1. The zero-order valence-corrected chi connectivity index (χ0v) is 5.53. The van der Waals surface area contributed by atoms with E-state index in [2.05, 4.69) is 10.3 Å². The summed E-state index contributed by atoms with van der Waals surface area (Å²) >= 11 is 0. The maximum Gasteiger partial charge on any atom is 0.330 e. The topological polar surface area (TPSA) is 87.7 Å². The highest BCUT2D eigenvalue weighted by atomic mass is 16.4. The Labute approximate surface area is 57.9 Å². The van der Waals surface area contributed by atoms with Crippen LogP contribution in [0.25, 0.3) is 0 Å². The molecule has 0 fully saturated rings. The van der Waals surface area contributed by atoms with Gasteiger partial charge in [-0.1, -0.05) is 0 Å². The molecule has 2 atom stereocenters. The molecule has 5 nitrogen and oxygen atoms in total. The van der Waals surface area contributed by atoms with Crippen molar-refractivity contribution in [3.63, 3.8) is 0 Å². The number of hydrogen-bond donors (Lipinski definition) is 3. The summed E-state index contributed by atoms with van der Waals surface area (Å²) < 4.78 is 0. The average molecular weight is 143 g/mol. The molecule has 0 aromatic heterocycles. The standard InChI is InChI=1S/C5H9N3O2/c1-2-3(4(9)10)8-5(6)7-2/h2-3H,1H3,(H,9,10)(H3,6,7,8)/t2?,3-/m0/s1. The highest BCUT2D eigenvalue weighted by Crippen LogP contribution is 2.04. The van der Waals surface area contributed by atoms with Crippen molar-refractivity contribution in [1.82, 2.24) is 5.32 Å². The molecule has 0 saturated carbocycles. The Hall–Kier alpha value is -1.26. The molecule has 5 heteroatoms. The van der Waals surface area contributed by atoms with E-state index in [4.69, 9.17) is 10.8 Å². The Kier molecular flexibility index (Phi) is 1.48. The van der Waals surface area contributed by atoms with Gasteiger partial charge in [0, 0.05) is 0 Å². The summed E-state index contributed by atoms with van der Waals surface area (Å²) in [7, 11) is 0. The van der Waals surface area contributed by atoms with E-state index in [0.717, 1.165) is 0 Å². The largest absolute Gasteiger partial charge is 0.480 e. The maximum absolute atomic E-state index is 10.4. The minimum absolute atomic E-state index is 0.197. The quantitative estimate of drug-likeness (QED) is 0.428. The number of carbonyl (C=O) groups is 1. The summed E-state index contributed by atoms with van der Waals surface area (Å²) in [5.41, 5.74) is 5.23. The molecule has 0 spiro atoms. The maximum atomic E-state index is 10.4. The Balaban J connectivity index is 2.69. The third-order valence-electron chi connectivity index (χ3n) is 1.38. The average Bonchev–Trinajstić information content (AvgIpc) is 2.10. The van der Waals surface area contributed by atoms with Crippen LogP contribution in [0.3, 0.4) is 0 Å². The van der Waals surface area contributed by atoms with E-state index in [-0.39, 0.29) is 12.0 Å². The highest BCUT2D eigenvalue weighted by Gasteiger charge is 2.29. The molecule has 0 bridgehead atoms. The van der Waals surface area contributed by atoms with E-state index in [1.807, 2.05) is 0 Å². The third kappa shape index (κ3) is 1.02. The summed E-state index contributed by atoms with van der Waals surface area (Å²) in [6.07, 6.45) is 0. The molecule has 56 valence electrons. The monoisotopic (exact) mass is 143 g/mol. The molecule has 1 aliphatic heterocycles. The summed E-state index contributed by atoms with van der Waals surface area (Å²) in [4.78, 5) is 14.0. The molecule has 1 unspecified atom stereocenters. The first-order valence-corrected chi connectivity index (χ1v) is 2.94. The number of guanidine groups is 1. The number of carboxylic acids is 1. The predicted molar refractivity (Wildman–Crippen MR) is 35.6 cm³/mol. The van der Waals surface area contributed by atoms with Gasteiger partial charge in [-0.2, -0.15) is 0 Å². The molecule has 4 N–H and O–H groups in total. The van der Waals surface area contributed by atoms with Gasteiger partial charge in [-0.3, -0.25) is 0 Å². The second-order valence-electron chi connectivity index (χ2n) is 2.23. The number of rotatable bonds is 1. The van der Waals surface area contributed by atoms with Gasteiger partial charge in [0.05, 0.1) is 6.04 Å². The van der Waals surface area contributed by atoms with Crippen LogP contribution in [-0.4, -0.2) is 29.1 Å². The van der Waals surface area contributed by atoms with Gasteiger partial charge in [0.25, 0.3) is 0 Å². The van der Waals surface area contributed by atoms with E-state index < -0.39 is 12.0 Å². The Bertz CT molecular complexity index is 189. The molecular weight excluding hydrogens is 134 g/mol. The minimum Gasteiger partial charge on any atom is -0.480 e. The van der Waals surface area contributed by atoms with E-state index in [0.29, 0.717) is 0 Å². The van der Waals surface area contributed by atoms with Gasteiger partial charge in [-0.25, -0.2) is 9.79 Å². The van der Waals surface area contributed by atoms with Crippen LogP contribution >= 0.6 is 0 Å². The summed E-state index contributed by atoms with van der Waals surface area (Å²) in [6.45, 7) is 1.72. The SMILES string of the molecule is CC1NC(N)=N[C@@H]1C(=O)O. The Morgan fingerprint density at radius 1 is 1.90 bits per heavy atom. The smallest absolute Gasteiger partial charge is 0.330 e. The predicted octanol–water partition coefficient (Wildman–Crippen LogP) is -1.25. The molecule has 0 aromatic rings. The number of nitrogens with two attached hydrogens (primary N) is 1. The van der Waals surface area contributed by atoms with Crippen molar-refractivity contribution in [3.8, 4) is 0 Å². The van der Waals surface area contributed by atoms with Gasteiger partial charge in [-0.05, 0) is 6.92 Å². The molecule has 0 saturated heterocycles. The molecule has 10 heavy (non-hydrogen) atoms. The van der Waals surface area contributed by atoms with Crippen LogP contribution in [0, 0.1) is 0 Å². The lowest BCUT2D eigenvalue weighted by Gasteiger charge is -2.06. The number of aliphatic imine (C=N–C) groups is 1. The molecule has 0 radical (unpaired) electrons. The Morgan fingerprint density at radius 3 is 2.70 bits per heavy atom. The summed E-state index contributed by atoms with van der Waals surface area (Å²) in [5, 5.41) is 11.2. The van der Waals surface area contributed by atoms with Crippen molar-refractivity contribution >= 4 is 11.9 Å². The van der Waals surface area contributed by atoms with Crippen molar-refractivity contribution in [3.05, 3.63) is 0 Å². The van der Waals surface area contributed by atoms with E-state index in [1.54, 1.807) is 6.92 Å². The van der Waals surface area contributed by atoms with Crippen molar-refractivity contribution in [1.29, 1.82) is 0 Å². The molecule has 1 rings (SSSR count). The fourth-order valence-electron chi connectivity index (χ4n) is 0.880. The third-order valence-corrected chi connectivity index (χ3v) is 1.38. The van der Waals surface area contributed by atoms with Gasteiger partial charge >= 0.3 is 5.97 Å². The molecule has 1 aliphatic rings. The molecule has 0 amide bonds. The summed E-state index contributed by atoms with van der Waals surface area (Å²) in [6, 6.07) is -0.919. The van der Waals surface area contributed by atoms with Crippen LogP contribution in [0.5, 0.6) is 0 Å². The lowest BCUT2D eigenvalue weighted by atomic mass is 10.2. The van der Waals surface area contributed by atoms with Crippen LogP contribution in [0.2, 0.25) is 0 Å².